The molecule has 3 rings (SSSR count). The molecule has 4 nitrogen and oxygen atoms in total. The van der Waals surface area contributed by atoms with Crippen LogP contribution in [0.15, 0.2) is 48.5 Å². The minimum Gasteiger partial charge on any atom is -0.481 e. The summed E-state index contributed by atoms with van der Waals surface area (Å²) in [5, 5.41) is 18.8. The van der Waals surface area contributed by atoms with E-state index in [1.54, 1.807) is 0 Å². The third kappa shape index (κ3) is 3.71. The van der Waals surface area contributed by atoms with Crippen molar-refractivity contribution in [3.8, 4) is 11.1 Å². The highest BCUT2D eigenvalue weighted by Crippen LogP contribution is 2.30. The molecule has 1 fully saturated rings. The second kappa shape index (κ2) is 6.84. The Balaban J connectivity index is 1.96. The van der Waals surface area contributed by atoms with Gasteiger partial charge in [0, 0.05) is 18.8 Å². The van der Waals surface area contributed by atoms with Crippen molar-refractivity contribution in [1.82, 2.24) is 0 Å². The van der Waals surface area contributed by atoms with Gasteiger partial charge in [0.15, 0.2) is 0 Å². The standard InChI is InChI=1S/C19H21NO3/c21-17-8-10-20(11-9-17)16-7-6-15(12-19(22)23)18(13-16)14-4-2-1-3-5-14/h1-7,13,17,21H,8-12H2,(H,22,23). The Hall–Kier alpha value is -2.33. The van der Waals surface area contributed by atoms with Gasteiger partial charge in [0.25, 0.3) is 0 Å². The van der Waals surface area contributed by atoms with Crippen molar-refractivity contribution in [2.24, 2.45) is 0 Å². The minimum atomic E-state index is -0.823. The van der Waals surface area contributed by atoms with E-state index in [0.29, 0.717) is 0 Å². The zero-order valence-electron chi connectivity index (χ0n) is 13.0. The second-order valence-electron chi connectivity index (χ2n) is 6.00. The fraction of sp³-hybridized carbons (Fsp3) is 0.316. The van der Waals surface area contributed by atoms with Gasteiger partial charge in [-0.2, -0.15) is 0 Å². The first kappa shape index (κ1) is 15.6. The predicted octanol–water partition coefficient (Wildman–Crippen LogP) is 2.94. The van der Waals surface area contributed by atoms with Gasteiger partial charge in [-0.1, -0.05) is 36.4 Å². The number of aliphatic hydroxyl groups is 1. The summed E-state index contributed by atoms with van der Waals surface area (Å²) in [4.78, 5) is 13.4. The number of anilines is 1. The van der Waals surface area contributed by atoms with Crippen LogP contribution in [0.25, 0.3) is 11.1 Å². The van der Waals surface area contributed by atoms with E-state index in [4.69, 9.17) is 5.11 Å². The highest BCUT2D eigenvalue weighted by molar-refractivity contribution is 5.78. The zero-order chi connectivity index (χ0) is 16.2. The van der Waals surface area contributed by atoms with Crippen LogP contribution in [0.2, 0.25) is 0 Å². The van der Waals surface area contributed by atoms with Crippen LogP contribution in [-0.4, -0.2) is 35.4 Å². The van der Waals surface area contributed by atoms with Crippen molar-refractivity contribution in [2.45, 2.75) is 25.4 Å². The highest BCUT2D eigenvalue weighted by Gasteiger charge is 2.18. The first-order chi connectivity index (χ1) is 11.1. The molecule has 0 unspecified atom stereocenters. The van der Waals surface area contributed by atoms with Crippen molar-refractivity contribution in [3.05, 3.63) is 54.1 Å². The van der Waals surface area contributed by atoms with Crippen molar-refractivity contribution in [2.75, 3.05) is 18.0 Å². The van der Waals surface area contributed by atoms with Gasteiger partial charge in [0.05, 0.1) is 12.5 Å². The van der Waals surface area contributed by atoms with Crippen molar-refractivity contribution in [1.29, 1.82) is 0 Å². The molecule has 0 radical (unpaired) electrons. The maximum Gasteiger partial charge on any atom is 0.307 e. The van der Waals surface area contributed by atoms with E-state index >= 15 is 0 Å². The Morgan fingerprint density at radius 3 is 2.43 bits per heavy atom. The lowest BCUT2D eigenvalue weighted by atomic mass is 9.96. The summed E-state index contributed by atoms with van der Waals surface area (Å²) in [6, 6.07) is 15.9. The van der Waals surface area contributed by atoms with E-state index in [1.165, 1.54) is 0 Å². The van der Waals surface area contributed by atoms with Gasteiger partial charge in [-0.15, -0.1) is 0 Å². The maximum absolute atomic E-state index is 11.1. The zero-order valence-corrected chi connectivity index (χ0v) is 13.0. The molecule has 1 aliphatic heterocycles. The van der Waals surface area contributed by atoms with E-state index < -0.39 is 5.97 Å². The van der Waals surface area contributed by atoms with Crippen LogP contribution < -0.4 is 4.90 Å². The van der Waals surface area contributed by atoms with E-state index in [9.17, 15) is 9.90 Å². The average Bonchev–Trinajstić information content (AvgIpc) is 2.56. The molecule has 4 heteroatoms. The van der Waals surface area contributed by atoms with Gasteiger partial charge in [-0.25, -0.2) is 0 Å². The summed E-state index contributed by atoms with van der Waals surface area (Å²) < 4.78 is 0. The molecule has 0 aliphatic carbocycles. The highest BCUT2D eigenvalue weighted by atomic mass is 16.4. The first-order valence-corrected chi connectivity index (χ1v) is 7.96. The largest absolute Gasteiger partial charge is 0.481 e. The van der Waals surface area contributed by atoms with E-state index in [0.717, 1.165) is 48.3 Å². The van der Waals surface area contributed by atoms with Crippen molar-refractivity contribution < 1.29 is 15.0 Å². The number of hydrogen-bond donors (Lipinski definition) is 2. The van der Waals surface area contributed by atoms with E-state index in [-0.39, 0.29) is 12.5 Å². The van der Waals surface area contributed by atoms with Gasteiger partial charge in [0.2, 0.25) is 0 Å². The molecule has 0 amide bonds. The van der Waals surface area contributed by atoms with Crippen molar-refractivity contribution >= 4 is 11.7 Å². The fourth-order valence-electron chi connectivity index (χ4n) is 3.09. The summed E-state index contributed by atoms with van der Waals surface area (Å²) in [6.07, 6.45) is 1.37. The number of benzene rings is 2. The Morgan fingerprint density at radius 2 is 1.78 bits per heavy atom. The third-order valence-corrected chi connectivity index (χ3v) is 4.35. The smallest absolute Gasteiger partial charge is 0.307 e. The topological polar surface area (TPSA) is 60.8 Å². The van der Waals surface area contributed by atoms with Crippen LogP contribution in [0.1, 0.15) is 18.4 Å². The maximum atomic E-state index is 11.1. The number of nitrogens with zero attached hydrogens (tertiary/aromatic N) is 1. The average molecular weight is 311 g/mol. The predicted molar refractivity (Wildman–Crippen MR) is 90.7 cm³/mol. The number of rotatable bonds is 4. The molecule has 2 aromatic rings. The number of aliphatic carboxylic acids is 1. The lowest BCUT2D eigenvalue weighted by molar-refractivity contribution is -0.136. The lowest BCUT2D eigenvalue weighted by Gasteiger charge is -2.32. The molecule has 1 heterocycles. The van der Waals surface area contributed by atoms with Gasteiger partial charge >= 0.3 is 5.97 Å². The SMILES string of the molecule is O=C(O)Cc1ccc(N2CCC(O)CC2)cc1-c1ccccc1. The number of aliphatic hydroxyl groups excluding tert-OH is 1. The van der Waals surface area contributed by atoms with Crippen molar-refractivity contribution in [3.63, 3.8) is 0 Å². The van der Waals surface area contributed by atoms with Crippen LogP contribution in [0.3, 0.4) is 0 Å². The summed E-state index contributed by atoms with van der Waals surface area (Å²) in [7, 11) is 0. The molecule has 1 aliphatic rings. The van der Waals surface area contributed by atoms with Crippen LogP contribution in [0.5, 0.6) is 0 Å². The van der Waals surface area contributed by atoms with Gasteiger partial charge in [-0.05, 0) is 41.7 Å². The second-order valence-corrected chi connectivity index (χ2v) is 6.00. The number of carbonyl (C=O) groups is 1. The molecule has 2 aromatic carbocycles. The normalized spacial score (nSPS) is 15.6. The van der Waals surface area contributed by atoms with Gasteiger partial charge < -0.3 is 15.1 Å². The molecule has 0 aromatic heterocycles. The van der Waals surface area contributed by atoms with Gasteiger partial charge in [0.1, 0.15) is 0 Å². The summed E-state index contributed by atoms with van der Waals surface area (Å²) in [6.45, 7) is 1.65. The summed E-state index contributed by atoms with van der Waals surface area (Å²) in [5.74, 6) is -0.823. The fourth-order valence-corrected chi connectivity index (χ4v) is 3.09. The summed E-state index contributed by atoms with van der Waals surface area (Å²) in [5.41, 5.74) is 3.91. The van der Waals surface area contributed by atoms with Crippen LogP contribution in [-0.2, 0) is 11.2 Å². The number of piperidine rings is 1. The first-order valence-electron chi connectivity index (χ1n) is 7.96. The van der Waals surface area contributed by atoms with Crippen LogP contribution in [0, 0.1) is 0 Å². The molecule has 0 saturated carbocycles. The number of hydrogen-bond acceptors (Lipinski definition) is 3. The molecule has 0 bridgehead atoms. The molecular formula is C19H21NO3. The van der Waals surface area contributed by atoms with E-state index in [1.807, 2.05) is 42.5 Å². The number of carboxylic acids is 1. The van der Waals surface area contributed by atoms with Crippen LogP contribution in [0.4, 0.5) is 5.69 Å². The van der Waals surface area contributed by atoms with E-state index in [2.05, 4.69) is 11.0 Å². The molecule has 1 saturated heterocycles. The molecule has 120 valence electrons. The molecular weight excluding hydrogens is 290 g/mol. The van der Waals surface area contributed by atoms with Gasteiger partial charge in [-0.3, -0.25) is 4.79 Å². The minimum absolute atomic E-state index is 0.0171. The Kier molecular flexibility index (Phi) is 4.63. The quantitative estimate of drug-likeness (QED) is 0.911. The molecule has 0 atom stereocenters. The molecule has 23 heavy (non-hydrogen) atoms. The molecule has 2 N–H and O–H groups in total. The summed E-state index contributed by atoms with van der Waals surface area (Å²) >= 11 is 0. The third-order valence-electron chi connectivity index (χ3n) is 4.35. The molecule has 0 spiro atoms. The van der Waals surface area contributed by atoms with Crippen LogP contribution >= 0.6 is 0 Å². The monoisotopic (exact) mass is 311 g/mol. The lowest BCUT2D eigenvalue weighted by Crippen LogP contribution is -2.35. The Morgan fingerprint density at radius 1 is 1.09 bits per heavy atom. The Bertz CT molecular complexity index is 676. The number of carboxylic acid groups (broad SMARTS) is 1. The Labute approximate surface area is 136 Å².